The van der Waals surface area contributed by atoms with Crippen molar-refractivity contribution in [1.29, 1.82) is 0 Å². The van der Waals surface area contributed by atoms with Crippen LogP contribution in [0.1, 0.15) is 30.5 Å². The van der Waals surface area contributed by atoms with Gasteiger partial charge in [0.1, 0.15) is 24.2 Å². The number of amides is 1. The van der Waals surface area contributed by atoms with E-state index in [4.69, 9.17) is 18.9 Å². The molecule has 1 fully saturated rings. The molecule has 8 heteroatoms. The average molecular weight is 562 g/mol. The van der Waals surface area contributed by atoms with Crippen LogP contribution in [0.25, 0.3) is 0 Å². The molecule has 0 aromatic heterocycles. The normalized spacial score (nSPS) is 17.9. The summed E-state index contributed by atoms with van der Waals surface area (Å²) in [5.41, 5.74) is 2.96. The number of hydrogen-bond donors (Lipinski definition) is 1. The summed E-state index contributed by atoms with van der Waals surface area (Å²) in [6, 6.07) is 24.5. The Labute approximate surface area is 241 Å². The van der Waals surface area contributed by atoms with Crippen molar-refractivity contribution in [1.82, 2.24) is 4.90 Å². The van der Waals surface area contributed by atoms with E-state index in [2.05, 4.69) is 0 Å². The van der Waals surface area contributed by atoms with Gasteiger partial charge in [-0.05, 0) is 60.7 Å². The molecule has 4 unspecified atom stereocenters. The number of methoxy groups -OCH3 is 2. The number of β-lactam (4-membered cyclic amide) rings is 1. The highest BCUT2D eigenvalue weighted by molar-refractivity contribution is 5.87. The van der Waals surface area contributed by atoms with E-state index >= 15 is 0 Å². The van der Waals surface area contributed by atoms with Crippen LogP contribution in [0, 0.1) is 11.8 Å². The lowest BCUT2D eigenvalue weighted by Gasteiger charge is -2.54. The summed E-state index contributed by atoms with van der Waals surface area (Å²) in [5.74, 6) is 0.606. The van der Waals surface area contributed by atoms with Crippen LogP contribution in [0.15, 0.2) is 78.9 Å². The van der Waals surface area contributed by atoms with Crippen molar-refractivity contribution in [2.45, 2.75) is 51.5 Å². The molecular weight excluding hydrogens is 522 g/mol. The predicted molar refractivity (Wildman–Crippen MR) is 155 cm³/mol. The number of nitrogens with zero attached hydrogens (tertiary/aromatic N) is 1. The molecule has 0 aliphatic carbocycles. The van der Waals surface area contributed by atoms with Crippen molar-refractivity contribution in [3.63, 3.8) is 0 Å². The van der Waals surface area contributed by atoms with Crippen molar-refractivity contribution in [2.24, 2.45) is 11.8 Å². The number of benzene rings is 3. The Morgan fingerprint density at radius 1 is 0.829 bits per heavy atom. The largest absolute Gasteiger partial charge is 0.508 e. The van der Waals surface area contributed by atoms with E-state index in [1.165, 1.54) is 0 Å². The number of rotatable bonds is 13. The van der Waals surface area contributed by atoms with Crippen LogP contribution in [0.3, 0.4) is 0 Å². The second kappa shape index (κ2) is 14.0. The van der Waals surface area contributed by atoms with Gasteiger partial charge in [0.05, 0.1) is 26.2 Å². The van der Waals surface area contributed by atoms with Gasteiger partial charge in [-0.15, -0.1) is 0 Å². The van der Waals surface area contributed by atoms with Gasteiger partial charge in [-0.1, -0.05) is 61.5 Å². The molecule has 8 nitrogen and oxygen atoms in total. The van der Waals surface area contributed by atoms with E-state index < -0.39 is 18.2 Å². The molecule has 41 heavy (non-hydrogen) atoms. The van der Waals surface area contributed by atoms with Gasteiger partial charge < -0.3 is 29.0 Å². The summed E-state index contributed by atoms with van der Waals surface area (Å²) in [6.45, 7) is 3.60. The maximum Gasteiger partial charge on any atom is 0.508 e. The zero-order valence-corrected chi connectivity index (χ0v) is 24.1. The molecule has 3 aromatic rings. The van der Waals surface area contributed by atoms with Crippen LogP contribution >= 0.6 is 0 Å². The first-order chi connectivity index (χ1) is 19.8. The van der Waals surface area contributed by atoms with Gasteiger partial charge in [0, 0.05) is 18.6 Å². The minimum absolute atomic E-state index is 0.0827. The first-order valence-electron chi connectivity index (χ1n) is 13.9. The summed E-state index contributed by atoms with van der Waals surface area (Å²) in [7, 11) is 3.25. The molecule has 0 spiro atoms. The lowest BCUT2D eigenvalue weighted by molar-refractivity contribution is -0.176. The minimum atomic E-state index is -0.823. The van der Waals surface area contributed by atoms with Gasteiger partial charge in [0.2, 0.25) is 5.91 Å². The molecule has 3 aromatic carbocycles. The highest BCUT2D eigenvalue weighted by Gasteiger charge is 2.55. The fraction of sp³-hybridized carbons (Fsp3) is 0.394. The number of likely N-dealkylation sites (tertiary alicyclic amines) is 1. The smallest absolute Gasteiger partial charge is 0.497 e. The molecule has 1 saturated heterocycles. The summed E-state index contributed by atoms with van der Waals surface area (Å²) in [6.07, 6.45) is -0.325. The number of aliphatic hydroxyl groups excluding tert-OH is 1. The number of carbonyl (C=O) groups excluding carboxylic acids is 2. The molecule has 1 aliphatic rings. The number of carbonyl (C=O) groups is 2. The number of aliphatic hydroxyl groups is 1. The summed E-state index contributed by atoms with van der Waals surface area (Å²) >= 11 is 0. The van der Waals surface area contributed by atoms with E-state index in [9.17, 15) is 14.7 Å². The molecule has 0 radical (unpaired) electrons. The molecular formula is C33H39NO7. The summed E-state index contributed by atoms with van der Waals surface area (Å²) in [4.78, 5) is 28.1. The van der Waals surface area contributed by atoms with Gasteiger partial charge in [0.15, 0.2) is 0 Å². The molecule has 1 heterocycles. The van der Waals surface area contributed by atoms with Crippen molar-refractivity contribution >= 4 is 12.1 Å². The van der Waals surface area contributed by atoms with E-state index in [-0.39, 0.29) is 37.1 Å². The highest BCUT2D eigenvalue weighted by Crippen LogP contribution is 2.39. The first-order valence-corrected chi connectivity index (χ1v) is 13.9. The minimum Gasteiger partial charge on any atom is -0.497 e. The maximum absolute atomic E-state index is 13.8. The van der Waals surface area contributed by atoms with Gasteiger partial charge >= 0.3 is 6.16 Å². The van der Waals surface area contributed by atoms with E-state index in [0.717, 1.165) is 28.2 Å². The molecule has 4 rings (SSSR count). The van der Waals surface area contributed by atoms with Crippen LogP contribution < -0.4 is 9.47 Å². The summed E-state index contributed by atoms with van der Waals surface area (Å²) in [5, 5.41) is 10.1. The van der Waals surface area contributed by atoms with Gasteiger partial charge in [-0.2, -0.15) is 0 Å². The molecule has 218 valence electrons. The Morgan fingerprint density at radius 2 is 1.37 bits per heavy atom. The van der Waals surface area contributed by atoms with Crippen LogP contribution in [0.5, 0.6) is 11.5 Å². The van der Waals surface area contributed by atoms with Crippen LogP contribution in [0.4, 0.5) is 4.79 Å². The molecule has 4 atom stereocenters. The number of ether oxygens (including phenoxy) is 4. The molecule has 1 amide bonds. The van der Waals surface area contributed by atoms with Crippen molar-refractivity contribution in [2.75, 3.05) is 20.8 Å². The van der Waals surface area contributed by atoms with Crippen molar-refractivity contribution < 1.29 is 33.6 Å². The van der Waals surface area contributed by atoms with Crippen LogP contribution in [-0.4, -0.2) is 61.1 Å². The standard InChI is InChI=1S/C33H39NO7/c1-22(20-35)31-30(23(2)41-33(37)40-21-26-8-6-5-7-9-26)32(36)34(31)27(18-24-10-14-28(38-3)15-11-24)19-25-12-16-29(39-4)17-13-25/h5-17,22-23,27,30-31,35H,18-21H2,1-4H3. The molecule has 1 N–H and O–H groups in total. The van der Waals surface area contributed by atoms with Crippen molar-refractivity contribution in [3.05, 3.63) is 95.6 Å². The van der Waals surface area contributed by atoms with Gasteiger partial charge in [-0.25, -0.2) is 4.79 Å². The number of hydrogen-bond acceptors (Lipinski definition) is 7. The predicted octanol–water partition coefficient (Wildman–Crippen LogP) is 5.05. The third kappa shape index (κ3) is 7.38. The zero-order valence-electron chi connectivity index (χ0n) is 24.1. The Bertz CT molecular complexity index is 1210. The van der Waals surface area contributed by atoms with Crippen LogP contribution in [0.2, 0.25) is 0 Å². The summed E-state index contributed by atoms with van der Waals surface area (Å²) < 4.78 is 21.5. The SMILES string of the molecule is COc1ccc(CC(Cc2ccc(OC)cc2)N2C(=O)C(C(C)OC(=O)OCc3ccccc3)C2C(C)CO)cc1. The lowest BCUT2D eigenvalue weighted by atomic mass is 9.74. The quantitative estimate of drug-likeness (QED) is 0.230. The maximum atomic E-state index is 13.8. The lowest BCUT2D eigenvalue weighted by Crippen LogP contribution is -2.70. The molecule has 0 saturated carbocycles. The molecule has 0 bridgehead atoms. The zero-order chi connectivity index (χ0) is 29.4. The Morgan fingerprint density at radius 3 is 1.85 bits per heavy atom. The van der Waals surface area contributed by atoms with E-state index in [1.54, 1.807) is 21.1 Å². The monoisotopic (exact) mass is 561 g/mol. The van der Waals surface area contributed by atoms with E-state index in [1.807, 2.05) is 90.7 Å². The van der Waals surface area contributed by atoms with Crippen molar-refractivity contribution in [3.8, 4) is 11.5 Å². The highest BCUT2D eigenvalue weighted by atomic mass is 16.7. The second-order valence-corrected chi connectivity index (χ2v) is 10.5. The average Bonchev–Trinajstić information content (AvgIpc) is 2.99. The first kappa shape index (κ1) is 29.9. The fourth-order valence-corrected chi connectivity index (χ4v) is 5.51. The van der Waals surface area contributed by atoms with Gasteiger partial charge in [-0.3, -0.25) is 4.79 Å². The molecule has 1 aliphatic heterocycles. The third-order valence-electron chi connectivity index (χ3n) is 7.74. The second-order valence-electron chi connectivity index (χ2n) is 10.5. The Kier molecular flexibility index (Phi) is 10.2. The Hall–Kier alpha value is -4.04. The van der Waals surface area contributed by atoms with E-state index in [0.29, 0.717) is 12.8 Å². The topological polar surface area (TPSA) is 94.5 Å². The Balaban J connectivity index is 1.52. The fourth-order valence-electron chi connectivity index (χ4n) is 5.51. The van der Waals surface area contributed by atoms with Crippen LogP contribution in [-0.2, 0) is 33.7 Å². The third-order valence-corrected chi connectivity index (χ3v) is 7.74. The van der Waals surface area contributed by atoms with Gasteiger partial charge in [0.25, 0.3) is 0 Å².